The number of rotatable bonds is 10. The second-order valence-electron chi connectivity index (χ2n) is 21.7. The van der Waals surface area contributed by atoms with E-state index in [0.717, 1.165) is 89.2 Å². The van der Waals surface area contributed by atoms with Crippen LogP contribution < -0.4 is 0 Å². The first kappa shape index (κ1) is 41.9. The molecule has 0 bridgehead atoms. The quantitative estimate of drug-likeness (QED) is 0.149. The highest BCUT2D eigenvalue weighted by Crippen LogP contribution is 2.47. The molecule has 4 nitrogen and oxygen atoms in total. The molecule has 0 aliphatic carbocycles. The summed E-state index contributed by atoms with van der Waals surface area (Å²) < 4.78 is 45.9. The van der Waals surface area contributed by atoms with Crippen molar-refractivity contribution in [1.82, 2.24) is 14.5 Å². The second-order valence-corrected chi connectivity index (χ2v) is 21.7. The van der Waals surface area contributed by atoms with Crippen LogP contribution in [-0.4, -0.2) is 19.6 Å². The maximum absolute atomic E-state index is 12.8. The Hall–Kier alpha value is -7.82. The van der Waals surface area contributed by atoms with Crippen molar-refractivity contribution in [2.24, 2.45) is 0 Å². The molecule has 2 heterocycles. The topological polar surface area (TPSA) is 50.9 Å². The number of para-hydroxylation sites is 1. The number of hydrogen-bond donors (Lipinski definition) is 1. The number of hydrogen-bond acceptors (Lipinski definition) is 3. The molecule has 0 aliphatic rings. The van der Waals surface area contributed by atoms with E-state index in [1.807, 2.05) is 30.5 Å². The van der Waals surface area contributed by atoms with Crippen LogP contribution in [0, 0.1) is 0 Å². The molecule has 0 atom stereocenters. The third-order valence-electron chi connectivity index (χ3n) is 13.9. The van der Waals surface area contributed by atoms with E-state index in [1.54, 1.807) is 0 Å². The maximum Gasteiger partial charge on any atom is 0.149 e. The van der Waals surface area contributed by atoms with Crippen molar-refractivity contribution < 1.29 is 12.0 Å². The first-order valence-electron chi connectivity index (χ1n) is 27.6. The van der Waals surface area contributed by atoms with Crippen LogP contribution in [0.2, 0.25) is 0 Å². The Kier molecular flexibility index (Phi) is 11.1. The third-order valence-corrected chi connectivity index (χ3v) is 13.9. The summed E-state index contributed by atoms with van der Waals surface area (Å²) in [6.45, 7) is 21.4. The molecule has 1 N–H and O–H groups in total. The summed E-state index contributed by atoms with van der Waals surface area (Å²) in [7, 11) is 0. The average molecular weight is 945 g/mol. The molecule has 358 valence electrons. The summed E-state index contributed by atoms with van der Waals surface area (Å²) in [5.41, 5.74) is 16.8. The molecule has 0 spiro atoms. The number of aromatic hydroxyl groups is 1. The molecule has 4 heteroatoms. The highest BCUT2D eigenvalue weighted by Gasteiger charge is 2.31. The molecule has 2 aromatic heterocycles. The summed E-state index contributed by atoms with van der Waals surface area (Å²) in [5.74, 6) is 0.518. The Bertz CT molecular complexity index is 3830. The summed E-state index contributed by atoms with van der Waals surface area (Å²) in [6, 6.07) is 53.1. The van der Waals surface area contributed by atoms with Crippen LogP contribution in [0.1, 0.15) is 110 Å². The Morgan fingerprint density at radius 1 is 0.486 bits per heavy atom. The number of phenols is 1. The minimum atomic E-state index is -0.429. The lowest BCUT2D eigenvalue weighted by atomic mass is 9.78. The zero-order chi connectivity index (χ0) is 54.8. The number of imidazole rings is 1. The van der Waals surface area contributed by atoms with Crippen molar-refractivity contribution in [3.63, 3.8) is 0 Å². The van der Waals surface area contributed by atoms with E-state index in [-0.39, 0.29) is 52.7 Å². The Morgan fingerprint density at radius 2 is 1.04 bits per heavy atom. The van der Waals surface area contributed by atoms with Gasteiger partial charge < -0.3 is 5.11 Å². The molecular weight excluding hydrogens is 875 g/mol. The first-order valence-corrected chi connectivity index (χ1v) is 25.1. The van der Waals surface area contributed by atoms with Gasteiger partial charge in [0, 0.05) is 22.9 Å². The lowest BCUT2D eigenvalue weighted by Crippen LogP contribution is -2.17. The zero-order valence-corrected chi connectivity index (χ0v) is 43.0. The molecule has 10 rings (SSSR count). The highest BCUT2D eigenvalue weighted by molar-refractivity contribution is 5.98. The molecule has 0 unspecified atom stereocenters. The summed E-state index contributed by atoms with van der Waals surface area (Å²) >= 11 is 0. The van der Waals surface area contributed by atoms with Gasteiger partial charge in [0.15, 0.2) is 0 Å². The number of pyridine rings is 1. The first-order chi connectivity index (χ1) is 36.6. The van der Waals surface area contributed by atoms with Crippen molar-refractivity contribution in [3.05, 3.63) is 216 Å². The number of aromatic nitrogens is 3. The van der Waals surface area contributed by atoms with Crippen molar-refractivity contribution in [1.29, 1.82) is 0 Å². The van der Waals surface area contributed by atoms with Crippen molar-refractivity contribution >= 4 is 11.0 Å². The monoisotopic (exact) mass is 945 g/mol. The van der Waals surface area contributed by atoms with E-state index in [4.69, 9.17) is 16.8 Å². The van der Waals surface area contributed by atoms with Crippen molar-refractivity contribution in [2.45, 2.75) is 91.9 Å². The average Bonchev–Trinajstić information content (AvgIpc) is 3.83. The largest absolute Gasteiger partial charge is 0.507 e. The summed E-state index contributed by atoms with van der Waals surface area (Å²) in [6.07, 6.45) is 1.88. The van der Waals surface area contributed by atoms with Gasteiger partial charge in [-0.2, -0.15) is 0 Å². The van der Waals surface area contributed by atoms with Crippen LogP contribution in [-0.2, 0) is 10.8 Å². The molecule has 0 fully saturated rings. The fourth-order valence-corrected chi connectivity index (χ4v) is 9.89. The molecule has 0 amide bonds. The van der Waals surface area contributed by atoms with Crippen LogP contribution in [0.5, 0.6) is 5.75 Å². The maximum atomic E-state index is 12.8. The van der Waals surface area contributed by atoms with Gasteiger partial charge in [0.05, 0.1) is 34.8 Å². The standard InChI is InChI=1S/C68H65N3O/c1-43(2)57-38-52(47-25-18-13-19-26-47)39-58(44(3)4)64(57)71-62-28-20-27-56(63(62)70-66(71)59-41-55(67(5,6)7)42-60(65(59)72)68(8,9)10)53-35-51(46-23-16-12-17-24-46)36-54(37-53)61-40-50(33-34-69-61)49-31-29-48(30-32-49)45-21-14-11-15-22-45/h11-44,72H,1-10H3/i13D,18D,19D,25D,26D. The summed E-state index contributed by atoms with van der Waals surface area (Å²) in [4.78, 5) is 10.7. The number of phenolic OH excluding ortho intramolecular Hbond substituents is 1. The minimum Gasteiger partial charge on any atom is -0.507 e. The third kappa shape index (κ3) is 9.30. The van der Waals surface area contributed by atoms with Gasteiger partial charge in [-0.05, 0) is 144 Å². The van der Waals surface area contributed by atoms with Crippen LogP contribution in [0.15, 0.2) is 194 Å². The molecule has 0 saturated carbocycles. The minimum absolute atomic E-state index is 0.101. The Morgan fingerprint density at radius 3 is 1.64 bits per heavy atom. The van der Waals surface area contributed by atoms with Crippen LogP contribution in [0.4, 0.5) is 0 Å². The number of fused-ring (bicyclic) bond motifs is 1. The van der Waals surface area contributed by atoms with Crippen molar-refractivity contribution in [3.8, 4) is 89.7 Å². The fraction of sp³-hybridized carbons (Fsp3) is 0.206. The van der Waals surface area contributed by atoms with E-state index in [2.05, 4.69) is 207 Å². The molecular formula is C68H65N3O. The van der Waals surface area contributed by atoms with Gasteiger partial charge in [-0.15, -0.1) is 0 Å². The number of benzene rings is 8. The predicted molar refractivity (Wildman–Crippen MR) is 304 cm³/mol. The van der Waals surface area contributed by atoms with E-state index < -0.39 is 11.5 Å². The fourth-order valence-electron chi connectivity index (χ4n) is 9.89. The van der Waals surface area contributed by atoms with Gasteiger partial charge in [-0.1, -0.05) is 203 Å². The van der Waals surface area contributed by atoms with Crippen LogP contribution in [0.25, 0.3) is 95.0 Å². The smallest absolute Gasteiger partial charge is 0.149 e. The normalized spacial score (nSPS) is 13.0. The van der Waals surface area contributed by atoms with E-state index in [1.165, 1.54) is 5.56 Å². The Labute approximate surface area is 433 Å². The summed E-state index contributed by atoms with van der Waals surface area (Å²) in [5, 5.41) is 12.8. The molecule has 72 heavy (non-hydrogen) atoms. The molecule has 0 radical (unpaired) electrons. The number of nitrogens with zero attached hydrogens (tertiary/aromatic N) is 3. The molecule has 10 aromatic rings. The zero-order valence-electron chi connectivity index (χ0n) is 48.0. The van der Waals surface area contributed by atoms with Crippen LogP contribution in [0.3, 0.4) is 0 Å². The lowest BCUT2D eigenvalue weighted by Gasteiger charge is -2.28. The van der Waals surface area contributed by atoms with Gasteiger partial charge in [-0.25, -0.2) is 4.98 Å². The van der Waals surface area contributed by atoms with Gasteiger partial charge >= 0.3 is 0 Å². The van der Waals surface area contributed by atoms with Crippen LogP contribution >= 0.6 is 0 Å². The SMILES string of the molecule is [2H]c1c([2H])c([2H])c(-c2cc(C(C)C)c(-n3c(-c4cc(C(C)(C)C)cc(C(C)(C)C)c4O)nc4c(-c5cc(-c6ccccc6)cc(-c6cc(-c7ccc(-c8ccccc8)cc7)ccn6)c5)cccc43)c(C(C)C)c2)c([2H])c1[2H]. The van der Waals surface area contributed by atoms with Gasteiger partial charge in [-0.3, -0.25) is 9.55 Å². The Balaban J connectivity index is 1.26. The highest BCUT2D eigenvalue weighted by atomic mass is 16.3. The van der Waals surface area contributed by atoms with Gasteiger partial charge in [0.2, 0.25) is 0 Å². The second kappa shape index (κ2) is 19.1. The van der Waals surface area contributed by atoms with E-state index in [0.29, 0.717) is 17.0 Å². The predicted octanol–water partition coefficient (Wildman–Crippen LogP) is 18.6. The van der Waals surface area contributed by atoms with E-state index in [9.17, 15) is 5.11 Å². The van der Waals surface area contributed by atoms with E-state index >= 15 is 0 Å². The molecule has 0 saturated heterocycles. The molecule has 8 aromatic carbocycles. The van der Waals surface area contributed by atoms with Gasteiger partial charge in [0.25, 0.3) is 0 Å². The molecule has 0 aliphatic heterocycles. The lowest BCUT2D eigenvalue weighted by molar-refractivity contribution is 0.446. The van der Waals surface area contributed by atoms with Gasteiger partial charge in [0.1, 0.15) is 11.6 Å². The van der Waals surface area contributed by atoms with Crippen molar-refractivity contribution in [2.75, 3.05) is 0 Å².